The molecule has 1 aromatic heterocycles. The van der Waals surface area contributed by atoms with Gasteiger partial charge in [0.15, 0.2) is 5.43 Å². The largest absolute Gasteiger partial charge is 0.288 e. The maximum Gasteiger partial charge on any atom is 0.196 e. The fraction of sp³-hybridized carbons (Fsp3) is 0.0714. The average Bonchev–Trinajstić information content (AvgIpc) is 2.77. The summed E-state index contributed by atoms with van der Waals surface area (Å²) in [6, 6.07) is 14.0. The topological polar surface area (TPSA) is 17.1 Å². The van der Waals surface area contributed by atoms with E-state index in [9.17, 15) is 4.79 Å². The molecule has 0 aliphatic rings. The van der Waals surface area contributed by atoms with Crippen LogP contribution in [0.3, 0.4) is 0 Å². The van der Waals surface area contributed by atoms with Crippen LogP contribution in [0.1, 0.15) is 4.88 Å². The summed E-state index contributed by atoms with van der Waals surface area (Å²) in [5.41, 5.74) is 3.04. The van der Waals surface area contributed by atoms with E-state index >= 15 is 0 Å². The Morgan fingerprint density at radius 3 is 2.31 bits per heavy atom. The van der Waals surface area contributed by atoms with Crippen LogP contribution < -0.4 is 5.43 Å². The van der Waals surface area contributed by atoms with E-state index in [2.05, 4.69) is 13.0 Å². The highest BCUT2D eigenvalue weighted by Gasteiger charge is 2.25. The van der Waals surface area contributed by atoms with Crippen LogP contribution in [0.4, 0.5) is 0 Å². The smallest absolute Gasteiger partial charge is 0.196 e. The molecule has 1 nitrogen and oxygen atoms in total. The van der Waals surface area contributed by atoms with Crippen LogP contribution in [-0.4, -0.2) is 0 Å². The Bertz CT molecular complexity index is 639. The van der Waals surface area contributed by atoms with Gasteiger partial charge in [-0.05, 0) is 24.6 Å². The molecule has 0 unspecified atom stereocenters. The van der Waals surface area contributed by atoms with Crippen molar-refractivity contribution in [3.8, 4) is 21.6 Å². The Morgan fingerprint density at radius 1 is 0.938 bits per heavy atom. The first-order valence-electron chi connectivity index (χ1n) is 5.18. The van der Waals surface area contributed by atoms with Crippen molar-refractivity contribution < 1.29 is 0 Å². The molecule has 0 aliphatic heterocycles. The molecule has 0 aliphatic carbocycles. The summed E-state index contributed by atoms with van der Waals surface area (Å²) in [6.07, 6.45) is 0. The molecule has 0 N–H and O–H groups in total. The lowest BCUT2D eigenvalue weighted by atomic mass is 10.2. The summed E-state index contributed by atoms with van der Waals surface area (Å²) < 4.78 is 0. The van der Waals surface area contributed by atoms with Gasteiger partial charge in [0.1, 0.15) is 0 Å². The van der Waals surface area contributed by atoms with Crippen molar-refractivity contribution in [3.05, 3.63) is 57.6 Å². The number of aryl methyl sites for hydroxylation is 1. The molecule has 1 heterocycles. The second kappa shape index (κ2) is 3.42. The van der Waals surface area contributed by atoms with Gasteiger partial charge >= 0.3 is 0 Å². The molecule has 2 heteroatoms. The monoisotopic (exact) mass is 226 g/mol. The molecule has 2 aromatic carbocycles. The highest BCUT2D eigenvalue weighted by Crippen LogP contribution is 2.37. The highest BCUT2D eigenvalue weighted by molar-refractivity contribution is 7.15. The van der Waals surface area contributed by atoms with Crippen LogP contribution in [0.5, 0.6) is 0 Å². The van der Waals surface area contributed by atoms with Crippen LogP contribution in [0.25, 0.3) is 21.6 Å². The summed E-state index contributed by atoms with van der Waals surface area (Å²) >= 11 is 1.68. The predicted octanol–water partition coefficient (Wildman–Crippen LogP) is 3.63. The first-order valence-corrected chi connectivity index (χ1v) is 6.00. The Labute approximate surface area is 97.7 Å². The van der Waals surface area contributed by atoms with Crippen LogP contribution in [0, 0.1) is 6.92 Å². The molecule has 78 valence electrons. The van der Waals surface area contributed by atoms with Crippen molar-refractivity contribution in [2.24, 2.45) is 0 Å². The zero-order valence-electron chi connectivity index (χ0n) is 8.86. The molecule has 0 fully saturated rings. The lowest BCUT2D eigenvalue weighted by Crippen LogP contribution is -1.76. The zero-order valence-corrected chi connectivity index (χ0v) is 9.67. The van der Waals surface area contributed by atoms with E-state index in [1.165, 1.54) is 4.88 Å². The second-order valence-electron chi connectivity index (χ2n) is 3.86. The van der Waals surface area contributed by atoms with Crippen molar-refractivity contribution in [1.29, 1.82) is 0 Å². The normalized spacial score (nSPS) is 11.1. The quantitative estimate of drug-likeness (QED) is 0.652. The lowest BCUT2D eigenvalue weighted by Gasteiger charge is -1.89. The van der Waals surface area contributed by atoms with Crippen molar-refractivity contribution in [1.82, 2.24) is 0 Å². The Morgan fingerprint density at radius 2 is 1.69 bits per heavy atom. The van der Waals surface area contributed by atoms with Gasteiger partial charge in [0.25, 0.3) is 0 Å². The van der Waals surface area contributed by atoms with Crippen molar-refractivity contribution in [2.75, 3.05) is 0 Å². The highest BCUT2D eigenvalue weighted by atomic mass is 32.1. The first kappa shape index (κ1) is 9.55. The molecule has 0 atom stereocenters. The third kappa shape index (κ3) is 1.42. The van der Waals surface area contributed by atoms with Gasteiger partial charge in [0.2, 0.25) is 0 Å². The molecule has 0 saturated carbocycles. The van der Waals surface area contributed by atoms with E-state index in [4.69, 9.17) is 0 Å². The van der Waals surface area contributed by atoms with Crippen LogP contribution >= 0.6 is 11.3 Å². The third-order valence-electron chi connectivity index (χ3n) is 2.69. The average molecular weight is 226 g/mol. The van der Waals surface area contributed by atoms with E-state index in [1.807, 2.05) is 36.4 Å². The Balaban J connectivity index is 2.05. The van der Waals surface area contributed by atoms with E-state index in [0.717, 1.165) is 21.6 Å². The van der Waals surface area contributed by atoms with Gasteiger partial charge < -0.3 is 0 Å². The summed E-state index contributed by atoms with van der Waals surface area (Å²) in [5.74, 6) is 0. The molecule has 0 radical (unpaired) electrons. The van der Waals surface area contributed by atoms with Gasteiger partial charge in [-0.1, -0.05) is 30.3 Å². The zero-order chi connectivity index (χ0) is 11.1. The Hall–Kier alpha value is -1.67. The SMILES string of the molecule is Cc1ccc(-c2c(-c3ccccc3)c2=O)s1. The molecule has 0 amide bonds. The van der Waals surface area contributed by atoms with Crippen molar-refractivity contribution in [3.63, 3.8) is 0 Å². The minimum atomic E-state index is 0.202. The minimum absolute atomic E-state index is 0.202. The predicted molar refractivity (Wildman–Crippen MR) is 68.6 cm³/mol. The standard InChI is InChI=1S/C14H10OS/c1-9-7-8-11(16-9)13-12(14(13)15)10-5-3-2-4-6-10/h2-8H,1H3. The molecule has 0 bridgehead atoms. The summed E-state index contributed by atoms with van der Waals surface area (Å²) in [6.45, 7) is 2.06. The maximum atomic E-state index is 11.8. The number of rotatable bonds is 2. The van der Waals surface area contributed by atoms with Gasteiger partial charge in [-0.2, -0.15) is 0 Å². The van der Waals surface area contributed by atoms with Gasteiger partial charge in [-0.15, -0.1) is 11.3 Å². The van der Waals surface area contributed by atoms with Gasteiger partial charge in [0.05, 0.1) is 5.56 Å². The van der Waals surface area contributed by atoms with E-state index < -0.39 is 0 Å². The summed E-state index contributed by atoms with van der Waals surface area (Å²) in [5, 5.41) is 0. The van der Waals surface area contributed by atoms with Gasteiger partial charge in [-0.3, -0.25) is 4.79 Å². The van der Waals surface area contributed by atoms with E-state index in [1.54, 1.807) is 11.3 Å². The third-order valence-corrected chi connectivity index (χ3v) is 3.71. The fourth-order valence-corrected chi connectivity index (χ4v) is 2.77. The number of thiophene rings is 1. The number of hydrogen-bond acceptors (Lipinski definition) is 2. The number of hydrogen-bond donors (Lipinski definition) is 0. The second-order valence-corrected chi connectivity index (χ2v) is 5.14. The fourth-order valence-electron chi connectivity index (χ4n) is 1.85. The maximum absolute atomic E-state index is 11.8. The van der Waals surface area contributed by atoms with Crippen LogP contribution in [0.15, 0.2) is 47.3 Å². The van der Waals surface area contributed by atoms with Gasteiger partial charge in [-0.25, -0.2) is 0 Å². The Kier molecular flexibility index (Phi) is 2.04. The van der Waals surface area contributed by atoms with E-state index in [0.29, 0.717) is 0 Å². The lowest BCUT2D eigenvalue weighted by molar-refractivity contribution is 1.64. The van der Waals surface area contributed by atoms with Crippen LogP contribution in [-0.2, 0) is 0 Å². The van der Waals surface area contributed by atoms with Gasteiger partial charge in [0, 0.05) is 15.3 Å². The molecular formula is C14H10OS. The molecular weight excluding hydrogens is 216 g/mol. The summed E-state index contributed by atoms with van der Waals surface area (Å²) in [7, 11) is 0. The minimum Gasteiger partial charge on any atom is -0.288 e. The molecule has 16 heavy (non-hydrogen) atoms. The van der Waals surface area contributed by atoms with Crippen LogP contribution in [0.2, 0.25) is 0 Å². The molecule has 3 rings (SSSR count). The van der Waals surface area contributed by atoms with Crippen molar-refractivity contribution in [2.45, 2.75) is 6.92 Å². The molecule has 0 saturated heterocycles. The summed E-state index contributed by atoms with van der Waals surface area (Å²) in [4.78, 5) is 14.1. The molecule has 3 aromatic rings. The number of benzene rings is 1. The molecule has 0 spiro atoms. The van der Waals surface area contributed by atoms with E-state index in [-0.39, 0.29) is 5.43 Å². The van der Waals surface area contributed by atoms with Crippen molar-refractivity contribution >= 4 is 11.3 Å². The first-order chi connectivity index (χ1) is 7.77.